The minimum Gasteiger partial charge on any atom is -0.479 e. The Hall–Kier alpha value is -1.14. The Morgan fingerprint density at radius 2 is 2.31 bits per heavy atom. The summed E-state index contributed by atoms with van der Waals surface area (Å²) in [6.45, 7) is 1.49. The molecular weight excluding hydrogens is 212 g/mol. The summed E-state index contributed by atoms with van der Waals surface area (Å²) in [6.07, 6.45) is 3.20. The molecule has 1 rings (SSSR count). The Bertz CT molecular complexity index is 282. The maximum atomic E-state index is 11.7. The summed E-state index contributed by atoms with van der Waals surface area (Å²) in [5, 5.41) is 8.34. The maximum Gasteiger partial charge on any atom is 0.332 e. The van der Waals surface area contributed by atoms with Gasteiger partial charge in [0.05, 0.1) is 5.54 Å². The molecule has 0 aromatic carbocycles. The van der Waals surface area contributed by atoms with Crippen LogP contribution in [-0.4, -0.2) is 29.1 Å². The fourth-order valence-corrected chi connectivity index (χ4v) is 2.06. The number of hydrogen-bond acceptors (Lipinski definition) is 4. The van der Waals surface area contributed by atoms with Crippen molar-refractivity contribution in [3.8, 4) is 0 Å². The van der Waals surface area contributed by atoms with Crippen LogP contribution in [0, 0.1) is 5.92 Å². The van der Waals surface area contributed by atoms with Gasteiger partial charge in [-0.25, -0.2) is 10.3 Å². The van der Waals surface area contributed by atoms with Crippen molar-refractivity contribution in [2.75, 3.05) is 6.61 Å². The Labute approximate surface area is 94.1 Å². The lowest BCUT2D eigenvalue weighted by molar-refractivity contribution is -0.152. The summed E-state index contributed by atoms with van der Waals surface area (Å²) in [6, 6.07) is 0. The van der Waals surface area contributed by atoms with Crippen LogP contribution < -0.4 is 11.2 Å². The first-order valence-electron chi connectivity index (χ1n) is 5.37. The number of carbonyl (C=O) groups excluding carboxylic acids is 1. The second-order valence-corrected chi connectivity index (χ2v) is 4.47. The smallest absolute Gasteiger partial charge is 0.332 e. The van der Waals surface area contributed by atoms with Crippen molar-refractivity contribution in [3.05, 3.63) is 0 Å². The average molecular weight is 230 g/mol. The Kier molecular flexibility index (Phi) is 4.26. The van der Waals surface area contributed by atoms with Gasteiger partial charge in [-0.3, -0.25) is 9.63 Å². The summed E-state index contributed by atoms with van der Waals surface area (Å²) in [5.74, 6) is -1.16. The van der Waals surface area contributed by atoms with Gasteiger partial charge in [-0.1, -0.05) is 19.8 Å². The number of carbonyl (C=O) groups is 2. The number of carboxylic acid groups (broad SMARTS) is 1. The zero-order valence-corrected chi connectivity index (χ0v) is 9.36. The Morgan fingerprint density at radius 1 is 1.62 bits per heavy atom. The van der Waals surface area contributed by atoms with Crippen LogP contribution >= 0.6 is 0 Å². The highest BCUT2D eigenvalue weighted by atomic mass is 16.7. The molecule has 0 bridgehead atoms. The zero-order chi connectivity index (χ0) is 12.2. The van der Waals surface area contributed by atoms with Gasteiger partial charge in [-0.15, -0.1) is 0 Å². The van der Waals surface area contributed by atoms with Crippen molar-refractivity contribution in [2.45, 2.75) is 38.1 Å². The van der Waals surface area contributed by atoms with Crippen molar-refractivity contribution >= 4 is 11.9 Å². The predicted octanol–water partition coefficient (Wildman–Crippen LogP) is 0.0264. The topological polar surface area (TPSA) is 102 Å². The third-order valence-corrected chi connectivity index (χ3v) is 2.85. The third-order valence-electron chi connectivity index (χ3n) is 2.85. The van der Waals surface area contributed by atoms with Crippen LogP contribution in [0.5, 0.6) is 0 Å². The highest BCUT2D eigenvalue weighted by Gasteiger charge is 2.38. The molecule has 2 atom stereocenters. The minimum atomic E-state index is -1.14. The summed E-state index contributed by atoms with van der Waals surface area (Å²) in [5.41, 5.74) is 7.15. The number of carboxylic acids is 1. The SMILES string of the molecule is CC1CCCC(N)(C(=O)NOCC(=O)O)C1. The van der Waals surface area contributed by atoms with Gasteiger partial charge in [-0.05, 0) is 18.8 Å². The van der Waals surface area contributed by atoms with Crippen molar-refractivity contribution in [1.82, 2.24) is 5.48 Å². The van der Waals surface area contributed by atoms with Crippen LogP contribution in [0.2, 0.25) is 0 Å². The largest absolute Gasteiger partial charge is 0.479 e. The lowest BCUT2D eigenvalue weighted by Gasteiger charge is -2.34. The van der Waals surface area contributed by atoms with E-state index in [0.29, 0.717) is 18.8 Å². The molecule has 0 aromatic rings. The molecule has 2 unspecified atom stereocenters. The first-order valence-corrected chi connectivity index (χ1v) is 5.37. The van der Waals surface area contributed by atoms with Gasteiger partial charge in [0.25, 0.3) is 5.91 Å². The Morgan fingerprint density at radius 3 is 2.88 bits per heavy atom. The van der Waals surface area contributed by atoms with Crippen LogP contribution in [0.25, 0.3) is 0 Å². The fourth-order valence-electron chi connectivity index (χ4n) is 2.06. The summed E-state index contributed by atoms with van der Waals surface area (Å²) < 4.78 is 0. The molecule has 1 saturated carbocycles. The summed E-state index contributed by atoms with van der Waals surface area (Å²) >= 11 is 0. The predicted molar refractivity (Wildman–Crippen MR) is 56.3 cm³/mol. The highest BCUT2D eigenvalue weighted by Crippen LogP contribution is 2.30. The molecule has 0 heterocycles. The molecule has 0 aliphatic heterocycles. The van der Waals surface area contributed by atoms with Crippen LogP contribution in [0.3, 0.4) is 0 Å². The van der Waals surface area contributed by atoms with Crippen molar-refractivity contribution in [2.24, 2.45) is 11.7 Å². The normalized spacial score (nSPS) is 29.8. The molecule has 1 aliphatic carbocycles. The van der Waals surface area contributed by atoms with Crippen LogP contribution in [0.4, 0.5) is 0 Å². The second-order valence-electron chi connectivity index (χ2n) is 4.47. The van der Waals surface area contributed by atoms with E-state index in [-0.39, 0.29) is 0 Å². The molecule has 4 N–H and O–H groups in total. The molecule has 0 saturated heterocycles. The molecule has 0 radical (unpaired) electrons. The van der Waals surface area contributed by atoms with E-state index in [1.54, 1.807) is 0 Å². The van der Waals surface area contributed by atoms with Gasteiger partial charge in [0.1, 0.15) is 0 Å². The molecule has 16 heavy (non-hydrogen) atoms. The molecule has 92 valence electrons. The fraction of sp³-hybridized carbons (Fsp3) is 0.800. The average Bonchev–Trinajstić information content (AvgIpc) is 2.16. The first kappa shape index (κ1) is 12.9. The summed E-state index contributed by atoms with van der Waals surface area (Å²) in [7, 11) is 0. The molecule has 6 heteroatoms. The van der Waals surface area contributed by atoms with Gasteiger partial charge in [-0.2, -0.15) is 0 Å². The third kappa shape index (κ3) is 3.46. The van der Waals surface area contributed by atoms with E-state index < -0.39 is 24.0 Å². The summed E-state index contributed by atoms with van der Waals surface area (Å²) in [4.78, 5) is 26.4. The van der Waals surface area contributed by atoms with Crippen molar-refractivity contribution in [3.63, 3.8) is 0 Å². The quantitative estimate of drug-likeness (QED) is 0.591. The Balaban J connectivity index is 2.42. The number of aliphatic carboxylic acids is 1. The lowest BCUT2D eigenvalue weighted by atomic mass is 9.77. The standard InChI is InChI=1S/C10H18N2O4/c1-7-3-2-4-10(11,5-7)9(15)12-16-6-8(13)14/h7H,2-6,11H2,1H3,(H,12,15)(H,13,14). The molecule has 1 fully saturated rings. The van der Waals surface area contributed by atoms with Crippen LogP contribution in [-0.2, 0) is 14.4 Å². The molecular formula is C10H18N2O4. The van der Waals surface area contributed by atoms with Gasteiger partial charge in [0, 0.05) is 0 Å². The van der Waals surface area contributed by atoms with Crippen molar-refractivity contribution in [1.29, 1.82) is 0 Å². The number of rotatable bonds is 4. The monoisotopic (exact) mass is 230 g/mol. The maximum absolute atomic E-state index is 11.7. The van der Waals surface area contributed by atoms with E-state index in [9.17, 15) is 9.59 Å². The van der Waals surface area contributed by atoms with E-state index in [1.807, 2.05) is 6.92 Å². The highest BCUT2D eigenvalue weighted by molar-refractivity contribution is 5.85. The molecule has 1 aliphatic rings. The zero-order valence-electron chi connectivity index (χ0n) is 9.36. The van der Waals surface area contributed by atoms with Gasteiger partial charge in [0.15, 0.2) is 6.61 Å². The van der Waals surface area contributed by atoms with E-state index in [4.69, 9.17) is 10.8 Å². The molecule has 6 nitrogen and oxygen atoms in total. The van der Waals surface area contributed by atoms with E-state index in [0.717, 1.165) is 12.8 Å². The van der Waals surface area contributed by atoms with Crippen LogP contribution in [0.15, 0.2) is 0 Å². The number of hydrogen-bond donors (Lipinski definition) is 3. The van der Waals surface area contributed by atoms with E-state index >= 15 is 0 Å². The number of nitrogens with two attached hydrogens (primary N) is 1. The molecule has 0 aromatic heterocycles. The second kappa shape index (κ2) is 5.27. The number of nitrogens with one attached hydrogen (secondary N) is 1. The number of hydroxylamine groups is 1. The van der Waals surface area contributed by atoms with Gasteiger partial charge < -0.3 is 10.8 Å². The van der Waals surface area contributed by atoms with Crippen molar-refractivity contribution < 1.29 is 19.5 Å². The lowest BCUT2D eigenvalue weighted by Crippen LogP contribution is -2.56. The molecule has 1 amide bonds. The molecule has 0 spiro atoms. The van der Waals surface area contributed by atoms with E-state index in [2.05, 4.69) is 10.3 Å². The first-order chi connectivity index (χ1) is 7.44. The van der Waals surface area contributed by atoms with Gasteiger partial charge >= 0.3 is 5.97 Å². The van der Waals surface area contributed by atoms with Crippen LogP contribution in [0.1, 0.15) is 32.6 Å². The van der Waals surface area contributed by atoms with E-state index in [1.165, 1.54) is 0 Å². The van der Waals surface area contributed by atoms with Gasteiger partial charge in [0.2, 0.25) is 0 Å². The minimum absolute atomic E-state index is 0.406. The number of amides is 1.